The number of nitriles is 1. The Kier molecular flexibility index (Phi) is 5.49. The molecule has 0 aromatic carbocycles. The standard InChI is InChI=1S/C10H13N3O2/c1-4-5-9(6-11)8(2)13(12-3)7-10(14)15/h5H,2-4,7H2,1H3,(H,14,15)/b9-5-. The number of rotatable bonds is 6. The third-order valence-electron chi connectivity index (χ3n) is 1.61. The number of aliphatic carboxylic acids is 1. The van der Waals surface area contributed by atoms with Crippen molar-refractivity contribution < 1.29 is 9.90 Å². The molecule has 0 fully saturated rings. The van der Waals surface area contributed by atoms with Crippen LogP contribution in [-0.4, -0.2) is 29.3 Å². The molecule has 0 bridgehead atoms. The second-order valence-corrected chi connectivity index (χ2v) is 2.68. The molecule has 15 heavy (non-hydrogen) atoms. The molecule has 0 aromatic heterocycles. The minimum atomic E-state index is -1.06. The van der Waals surface area contributed by atoms with E-state index >= 15 is 0 Å². The van der Waals surface area contributed by atoms with Gasteiger partial charge >= 0.3 is 5.97 Å². The van der Waals surface area contributed by atoms with Gasteiger partial charge in [-0.3, -0.25) is 9.80 Å². The normalized spacial score (nSPS) is 10.3. The molecule has 5 heteroatoms. The van der Waals surface area contributed by atoms with E-state index in [9.17, 15) is 4.79 Å². The van der Waals surface area contributed by atoms with Gasteiger partial charge < -0.3 is 5.11 Å². The fraction of sp³-hybridized carbons (Fsp3) is 0.300. The number of hydrazone groups is 1. The summed E-state index contributed by atoms with van der Waals surface area (Å²) in [5.41, 5.74) is 0.558. The van der Waals surface area contributed by atoms with Crippen molar-refractivity contribution >= 4 is 12.7 Å². The Labute approximate surface area is 88.6 Å². The quantitative estimate of drug-likeness (QED) is 0.309. The molecule has 0 aliphatic heterocycles. The van der Waals surface area contributed by atoms with Gasteiger partial charge in [0.15, 0.2) is 0 Å². The van der Waals surface area contributed by atoms with Gasteiger partial charge in [0.25, 0.3) is 0 Å². The molecule has 0 spiro atoms. The number of nitrogens with zero attached hydrogens (tertiary/aromatic N) is 3. The number of hydrogen-bond acceptors (Lipinski definition) is 4. The van der Waals surface area contributed by atoms with Crippen LogP contribution in [0, 0.1) is 11.3 Å². The molecule has 0 aromatic rings. The van der Waals surface area contributed by atoms with Crippen LogP contribution in [-0.2, 0) is 4.79 Å². The summed E-state index contributed by atoms with van der Waals surface area (Å²) in [5.74, 6) is -1.06. The maximum Gasteiger partial charge on any atom is 0.325 e. The Bertz CT molecular complexity index is 339. The van der Waals surface area contributed by atoms with E-state index < -0.39 is 5.97 Å². The summed E-state index contributed by atoms with van der Waals surface area (Å²) < 4.78 is 0. The zero-order valence-corrected chi connectivity index (χ0v) is 8.60. The van der Waals surface area contributed by atoms with Crippen LogP contribution < -0.4 is 0 Å². The maximum atomic E-state index is 10.5. The molecular weight excluding hydrogens is 194 g/mol. The Balaban J connectivity index is 4.79. The monoisotopic (exact) mass is 207 g/mol. The smallest absolute Gasteiger partial charge is 0.325 e. The lowest BCUT2D eigenvalue weighted by Crippen LogP contribution is -2.24. The van der Waals surface area contributed by atoms with Crippen molar-refractivity contribution in [1.29, 1.82) is 5.26 Å². The summed E-state index contributed by atoms with van der Waals surface area (Å²) >= 11 is 0. The Morgan fingerprint density at radius 2 is 2.33 bits per heavy atom. The number of carbonyl (C=O) groups is 1. The summed E-state index contributed by atoms with van der Waals surface area (Å²) in [6.45, 7) is 8.35. The first kappa shape index (κ1) is 12.9. The Morgan fingerprint density at radius 1 is 1.73 bits per heavy atom. The van der Waals surface area contributed by atoms with Crippen LogP contribution in [0.15, 0.2) is 29.0 Å². The first-order valence-corrected chi connectivity index (χ1v) is 4.32. The molecule has 0 atom stereocenters. The summed E-state index contributed by atoms with van der Waals surface area (Å²) in [5, 5.41) is 21.9. The Morgan fingerprint density at radius 3 is 2.67 bits per heavy atom. The molecule has 0 aliphatic carbocycles. The Hall–Kier alpha value is -2.09. The van der Waals surface area contributed by atoms with E-state index in [1.165, 1.54) is 0 Å². The molecule has 0 saturated heterocycles. The van der Waals surface area contributed by atoms with Crippen LogP contribution in [0.1, 0.15) is 13.3 Å². The number of carboxylic acids is 1. The SMILES string of the molecule is C=NN(CC(=O)O)C(=C)/C(C#N)=C\CC. The van der Waals surface area contributed by atoms with Gasteiger partial charge in [-0.05, 0) is 6.42 Å². The van der Waals surface area contributed by atoms with Gasteiger partial charge in [0, 0.05) is 6.72 Å². The third kappa shape index (κ3) is 4.09. The van der Waals surface area contributed by atoms with E-state index in [2.05, 4.69) is 18.4 Å². The highest BCUT2D eigenvalue weighted by Gasteiger charge is 2.13. The predicted molar refractivity (Wildman–Crippen MR) is 57.0 cm³/mol. The number of hydrogen-bond donors (Lipinski definition) is 1. The molecule has 0 heterocycles. The molecule has 0 amide bonds. The highest BCUT2D eigenvalue weighted by Crippen LogP contribution is 2.13. The van der Waals surface area contributed by atoms with Gasteiger partial charge in [-0.2, -0.15) is 10.4 Å². The summed E-state index contributed by atoms with van der Waals surface area (Å²) in [6, 6.07) is 1.93. The van der Waals surface area contributed by atoms with Gasteiger partial charge in [-0.15, -0.1) is 0 Å². The lowest BCUT2D eigenvalue weighted by Gasteiger charge is -2.17. The second-order valence-electron chi connectivity index (χ2n) is 2.68. The highest BCUT2D eigenvalue weighted by molar-refractivity contribution is 5.69. The van der Waals surface area contributed by atoms with E-state index in [0.29, 0.717) is 12.0 Å². The molecule has 5 nitrogen and oxygen atoms in total. The number of carboxylic acid groups (broad SMARTS) is 1. The van der Waals surface area contributed by atoms with Gasteiger partial charge in [0.1, 0.15) is 12.6 Å². The van der Waals surface area contributed by atoms with Gasteiger partial charge in [-0.1, -0.05) is 19.6 Å². The topological polar surface area (TPSA) is 76.7 Å². The fourth-order valence-electron chi connectivity index (χ4n) is 0.930. The van der Waals surface area contributed by atoms with Crippen molar-refractivity contribution in [3.63, 3.8) is 0 Å². The zero-order chi connectivity index (χ0) is 11.8. The van der Waals surface area contributed by atoms with Crippen molar-refractivity contribution in [3.05, 3.63) is 23.9 Å². The van der Waals surface area contributed by atoms with E-state index in [1.54, 1.807) is 6.08 Å². The average Bonchev–Trinajstić information content (AvgIpc) is 2.21. The van der Waals surface area contributed by atoms with Crippen LogP contribution in [0.2, 0.25) is 0 Å². The zero-order valence-electron chi connectivity index (χ0n) is 8.60. The molecule has 0 aliphatic rings. The maximum absolute atomic E-state index is 10.5. The highest BCUT2D eigenvalue weighted by atomic mass is 16.4. The summed E-state index contributed by atoms with van der Waals surface area (Å²) in [7, 11) is 0. The van der Waals surface area contributed by atoms with Crippen LogP contribution >= 0.6 is 0 Å². The molecular formula is C10H13N3O2. The van der Waals surface area contributed by atoms with Crippen LogP contribution in [0.4, 0.5) is 0 Å². The second kappa shape index (κ2) is 6.38. The fourth-order valence-corrected chi connectivity index (χ4v) is 0.930. The molecule has 1 N–H and O–H groups in total. The molecule has 80 valence electrons. The van der Waals surface area contributed by atoms with E-state index in [4.69, 9.17) is 10.4 Å². The van der Waals surface area contributed by atoms with Crippen LogP contribution in [0.3, 0.4) is 0 Å². The largest absolute Gasteiger partial charge is 0.480 e. The third-order valence-corrected chi connectivity index (χ3v) is 1.61. The van der Waals surface area contributed by atoms with Gasteiger partial charge in [0.05, 0.1) is 11.3 Å². The van der Waals surface area contributed by atoms with E-state index in [0.717, 1.165) is 5.01 Å². The first-order chi connectivity index (χ1) is 7.06. The van der Waals surface area contributed by atoms with Crippen molar-refractivity contribution in [2.45, 2.75) is 13.3 Å². The van der Waals surface area contributed by atoms with Crippen molar-refractivity contribution in [1.82, 2.24) is 5.01 Å². The van der Waals surface area contributed by atoms with Gasteiger partial charge in [0.2, 0.25) is 0 Å². The van der Waals surface area contributed by atoms with E-state index in [1.807, 2.05) is 13.0 Å². The van der Waals surface area contributed by atoms with Crippen molar-refractivity contribution in [3.8, 4) is 6.07 Å². The summed E-state index contributed by atoms with van der Waals surface area (Å²) in [6.07, 6.45) is 2.32. The average molecular weight is 207 g/mol. The van der Waals surface area contributed by atoms with E-state index in [-0.39, 0.29) is 12.2 Å². The predicted octanol–water partition coefficient (Wildman–Crippen LogP) is 1.36. The van der Waals surface area contributed by atoms with Crippen molar-refractivity contribution in [2.75, 3.05) is 6.54 Å². The first-order valence-electron chi connectivity index (χ1n) is 4.32. The molecule has 0 rings (SSSR count). The molecule has 0 unspecified atom stereocenters. The molecule has 0 radical (unpaired) electrons. The minimum absolute atomic E-state index is 0.247. The lowest BCUT2D eigenvalue weighted by molar-refractivity contribution is -0.137. The molecule has 0 saturated carbocycles. The van der Waals surface area contributed by atoms with Gasteiger partial charge in [-0.25, -0.2) is 0 Å². The number of allylic oxidation sites excluding steroid dienone is 2. The lowest BCUT2D eigenvalue weighted by atomic mass is 10.2. The van der Waals surface area contributed by atoms with Crippen LogP contribution in [0.25, 0.3) is 0 Å². The van der Waals surface area contributed by atoms with Crippen molar-refractivity contribution in [2.24, 2.45) is 5.10 Å². The summed E-state index contributed by atoms with van der Waals surface area (Å²) in [4.78, 5) is 10.5. The van der Waals surface area contributed by atoms with Crippen LogP contribution in [0.5, 0.6) is 0 Å². The minimum Gasteiger partial charge on any atom is -0.480 e.